The number of para-hydroxylation sites is 1. The topological polar surface area (TPSA) is 85.9 Å². The van der Waals surface area contributed by atoms with Gasteiger partial charge in [0, 0.05) is 23.7 Å². The third-order valence-electron chi connectivity index (χ3n) is 7.79. The van der Waals surface area contributed by atoms with Crippen LogP contribution in [0.1, 0.15) is 67.9 Å². The fourth-order valence-electron chi connectivity index (χ4n) is 5.71. The molecule has 0 unspecified atom stereocenters. The molecule has 192 valence electrons. The number of fused-ring (bicyclic) bond motifs is 3. The van der Waals surface area contributed by atoms with Crippen LogP contribution in [0, 0.1) is 0 Å². The summed E-state index contributed by atoms with van der Waals surface area (Å²) in [6.07, 6.45) is 9.46. The van der Waals surface area contributed by atoms with Gasteiger partial charge in [0.1, 0.15) is 11.2 Å². The van der Waals surface area contributed by atoms with E-state index in [4.69, 9.17) is 13.9 Å². The molecule has 5 rings (SSSR count). The van der Waals surface area contributed by atoms with Gasteiger partial charge in [0.15, 0.2) is 17.1 Å². The van der Waals surface area contributed by atoms with E-state index in [-0.39, 0.29) is 24.4 Å². The Hall–Kier alpha value is -3.42. The molecule has 1 aliphatic carbocycles. The molecule has 3 aromatic rings. The molecule has 0 bridgehead atoms. The van der Waals surface area contributed by atoms with Crippen LogP contribution in [-0.2, 0) is 17.9 Å². The van der Waals surface area contributed by atoms with Gasteiger partial charge in [-0.15, -0.1) is 0 Å². The molecule has 1 fully saturated rings. The van der Waals surface area contributed by atoms with Crippen molar-refractivity contribution in [3.05, 3.63) is 47.9 Å². The summed E-state index contributed by atoms with van der Waals surface area (Å²) in [4.78, 5) is 29.7. The van der Waals surface area contributed by atoms with E-state index in [1.807, 2.05) is 35.8 Å². The van der Waals surface area contributed by atoms with E-state index in [1.165, 1.54) is 19.3 Å². The lowest BCUT2D eigenvalue weighted by molar-refractivity contribution is -0.134. The highest BCUT2D eigenvalue weighted by atomic mass is 16.5. The molecule has 3 heterocycles. The van der Waals surface area contributed by atoms with Crippen LogP contribution in [0.25, 0.3) is 11.1 Å². The van der Waals surface area contributed by atoms with Gasteiger partial charge in [-0.25, -0.2) is 0 Å². The molecule has 8 nitrogen and oxygen atoms in total. The van der Waals surface area contributed by atoms with Crippen molar-refractivity contribution in [2.45, 2.75) is 76.5 Å². The summed E-state index contributed by atoms with van der Waals surface area (Å²) in [6, 6.07) is 9.33. The van der Waals surface area contributed by atoms with Gasteiger partial charge in [-0.05, 0) is 25.8 Å². The van der Waals surface area contributed by atoms with E-state index < -0.39 is 5.54 Å². The van der Waals surface area contributed by atoms with Crippen LogP contribution in [-0.4, -0.2) is 47.1 Å². The number of rotatable bonds is 6. The van der Waals surface area contributed by atoms with Crippen molar-refractivity contribution >= 4 is 22.9 Å². The predicted molar refractivity (Wildman–Crippen MR) is 136 cm³/mol. The van der Waals surface area contributed by atoms with E-state index >= 15 is 0 Å². The molecule has 1 atom stereocenters. The monoisotopic (exact) mass is 493 g/mol. The minimum absolute atomic E-state index is 0.123. The zero-order chi connectivity index (χ0) is 25.3. The normalized spacial score (nSPS) is 21.1. The molecule has 1 aromatic carbocycles. The number of carbonyl (C=O) groups is 2. The van der Waals surface area contributed by atoms with E-state index in [0.717, 1.165) is 36.8 Å². The van der Waals surface area contributed by atoms with Crippen molar-refractivity contribution < 1.29 is 23.5 Å². The van der Waals surface area contributed by atoms with Crippen LogP contribution in [0.3, 0.4) is 0 Å². The van der Waals surface area contributed by atoms with Crippen molar-refractivity contribution in [2.24, 2.45) is 0 Å². The number of nitrogens with one attached hydrogen (secondary N) is 1. The van der Waals surface area contributed by atoms with Gasteiger partial charge in [0.2, 0.25) is 5.91 Å². The number of hydrogen-bond acceptors (Lipinski definition) is 5. The van der Waals surface area contributed by atoms with Gasteiger partial charge < -0.3 is 28.7 Å². The minimum Gasteiger partial charge on any atom is -0.493 e. The van der Waals surface area contributed by atoms with Crippen molar-refractivity contribution in [3.8, 4) is 11.5 Å². The molecular weight excluding hydrogens is 458 g/mol. The SMILES string of the molecule is COc1cccc(CN2C(=O)c3cc4occc4n3C[C@]2(C)C(=O)NC2CCCCCCC2)c1OC. The number of nitrogens with zero attached hydrogens (tertiary/aromatic N) is 2. The van der Waals surface area contributed by atoms with Crippen LogP contribution >= 0.6 is 0 Å². The number of amides is 2. The van der Waals surface area contributed by atoms with Crippen LogP contribution in [0.15, 0.2) is 41.0 Å². The Morgan fingerprint density at radius 2 is 1.86 bits per heavy atom. The zero-order valence-corrected chi connectivity index (χ0v) is 21.3. The number of ether oxygens (including phenoxy) is 2. The fourth-order valence-corrected chi connectivity index (χ4v) is 5.71. The maximum Gasteiger partial charge on any atom is 0.271 e. The number of furan rings is 1. The second-order valence-electron chi connectivity index (χ2n) is 10.1. The predicted octanol–water partition coefficient (Wildman–Crippen LogP) is 4.90. The molecule has 0 saturated heterocycles. The molecule has 2 aliphatic rings. The lowest BCUT2D eigenvalue weighted by Gasteiger charge is -2.44. The van der Waals surface area contributed by atoms with Crippen LogP contribution in [0.4, 0.5) is 0 Å². The van der Waals surface area contributed by atoms with Gasteiger partial charge in [0.05, 0.1) is 39.1 Å². The molecule has 1 aliphatic heterocycles. The second kappa shape index (κ2) is 9.91. The molecule has 1 N–H and O–H groups in total. The first-order valence-electron chi connectivity index (χ1n) is 12.9. The Bertz CT molecular complexity index is 1250. The van der Waals surface area contributed by atoms with Gasteiger partial charge in [-0.3, -0.25) is 9.59 Å². The second-order valence-corrected chi connectivity index (χ2v) is 10.1. The maximum atomic E-state index is 14.0. The number of benzene rings is 1. The van der Waals surface area contributed by atoms with Gasteiger partial charge in [-0.2, -0.15) is 0 Å². The van der Waals surface area contributed by atoms with Crippen molar-refractivity contribution in [1.82, 2.24) is 14.8 Å². The highest BCUT2D eigenvalue weighted by molar-refractivity contribution is 6.03. The number of hydrogen-bond donors (Lipinski definition) is 1. The average molecular weight is 494 g/mol. The Balaban J connectivity index is 1.53. The van der Waals surface area contributed by atoms with Crippen LogP contribution < -0.4 is 14.8 Å². The van der Waals surface area contributed by atoms with Crippen LogP contribution in [0.5, 0.6) is 11.5 Å². The van der Waals surface area contributed by atoms with E-state index in [9.17, 15) is 9.59 Å². The Labute approximate surface area is 211 Å². The highest BCUT2D eigenvalue weighted by Gasteiger charge is 2.48. The first kappa shape index (κ1) is 24.3. The highest BCUT2D eigenvalue weighted by Crippen LogP contribution is 2.37. The summed E-state index contributed by atoms with van der Waals surface area (Å²) >= 11 is 0. The van der Waals surface area contributed by atoms with Gasteiger partial charge in [0.25, 0.3) is 5.91 Å². The van der Waals surface area contributed by atoms with Crippen molar-refractivity contribution in [1.29, 1.82) is 0 Å². The van der Waals surface area contributed by atoms with Crippen molar-refractivity contribution in [3.63, 3.8) is 0 Å². The third kappa shape index (κ3) is 4.22. The summed E-state index contributed by atoms with van der Waals surface area (Å²) in [5.74, 6) is 0.804. The summed E-state index contributed by atoms with van der Waals surface area (Å²) in [6.45, 7) is 2.41. The Morgan fingerprint density at radius 3 is 2.58 bits per heavy atom. The molecule has 8 heteroatoms. The zero-order valence-electron chi connectivity index (χ0n) is 21.3. The van der Waals surface area contributed by atoms with E-state index in [1.54, 1.807) is 31.4 Å². The lowest BCUT2D eigenvalue weighted by Crippen LogP contribution is -2.64. The fraction of sp³-hybridized carbons (Fsp3) is 0.500. The Morgan fingerprint density at radius 1 is 1.11 bits per heavy atom. The molecule has 1 saturated carbocycles. The first-order chi connectivity index (χ1) is 17.5. The standard InChI is InChI=1S/C28H35N3O5/c1-28(27(33)29-20-11-7-5-4-6-8-12-20)18-30-21-14-15-36-24(21)16-22(30)26(32)31(28)17-19-10-9-13-23(34-2)25(19)35-3/h9-10,13-16,20H,4-8,11-12,17-18H2,1-3H3,(H,29,33)/t28-/m1/s1. The largest absolute Gasteiger partial charge is 0.493 e. The molecule has 2 amide bonds. The number of methoxy groups -OCH3 is 2. The minimum atomic E-state index is -1.11. The Kier molecular flexibility index (Phi) is 6.69. The maximum absolute atomic E-state index is 14.0. The van der Waals surface area contributed by atoms with E-state index in [2.05, 4.69) is 5.32 Å². The smallest absolute Gasteiger partial charge is 0.271 e. The first-order valence-corrected chi connectivity index (χ1v) is 12.9. The summed E-state index contributed by atoms with van der Waals surface area (Å²) in [5, 5.41) is 3.32. The van der Waals surface area contributed by atoms with Gasteiger partial charge >= 0.3 is 0 Å². The molecule has 0 radical (unpaired) electrons. The number of aromatic nitrogens is 1. The summed E-state index contributed by atoms with van der Waals surface area (Å²) in [5.41, 5.74) is 1.65. The lowest BCUT2D eigenvalue weighted by atomic mass is 9.91. The molecule has 36 heavy (non-hydrogen) atoms. The van der Waals surface area contributed by atoms with Gasteiger partial charge in [-0.1, -0.05) is 44.2 Å². The van der Waals surface area contributed by atoms with Crippen LogP contribution in [0.2, 0.25) is 0 Å². The average Bonchev–Trinajstić information content (AvgIpc) is 3.45. The quantitative estimate of drug-likeness (QED) is 0.528. The van der Waals surface area contributed by atoms with Crippen molar-refractivity contribution in [2.75, 3.05) is 14.2 Å². The number of carbonyl (C=O) groups excluding carboxylic acids is 2. The molecule has 2 aromatic heterocycles. The summed E-state index contributed by atoms with van der Waals surface area (Å²) in [7, 11) is 3.17. The molecule has 0 spiro atoms. The third-order valence-corrected chi connectivity index (χ3v) is 7.79. The van der Waals surface area contributed by atoms with E-state index in [0.29, 0.717) is 29.3 Å². The summed E-state index contributed by atoms with van der Waals surface area (Å²) < 4.78 is 18.6. The molecular formula is C28H35N3O5.